The van der Waals surface area contributed by atoms with E-state index in [1.54, 1.807) is 11.8 Å². The molecule has 2 aromatic carbocycles. The van der Waals surface area contributed by atoms with Gasteiger partial charge in [0.15, 0.2) is 0 Å². The number of hydrogen-bond acceptors (Lipinski definition) is 2. The van der Waals surface area contributed by atoms with Crippen LogP contribution in [0.3, 0.4) is 0 Å². The maximum absolute atomic E-state index is 13.7. The van der Waals surface area contributed by atoms with Gasteiger partial charge >= 0.3 is 0 Å². The first-order valence-electron chi connectivity index (χ1n) is 10.5. The molecule has 2 aromatic rings. The van der Waals surface area contributed by atoms with Crippen molar-refractivity contribution in [1.29, 1.82) is 0 Å². The molecule has 0 saturated heterocycles. The molecule has 4 heteroatoms. The summed E-state index contributed by atoms with van der Waals surface area (Å²) in [5, 5.41) is 5.39. The summed E-state index contributed by atoms with van der Waals surface area (Å²) in [6, 6.07) is 10.5. The van der Waals surface area contributed by atoms with Gasteiger partial charge in [0.05, 0.1) is 0 Å². The molecule has 0 amide bonds. The number of aryl methyl sites for hydroxylation is 4. The summed E-state index contributed by atoms with van der Waals surface area (Å²) in [4.78, 5) is 0.951. The van der Waals surface area contributed by atoms with Crippen molar-refractivity contribution in [2.24, 2.45) is 0 Å². The van der Waals surface area contributed by atoms with Crippen molar-refractivity contribution in [3.05, 3.63) is 81.3 Å². The topological polar surface area (TPSA) is 12.0 Å². The minimum absolute atomic E-state index is 0.0504. The van der Waals surface area contributed by atoms with Crippen molar-refractivity contribution < 1.29 is 8.78 Å². The Balaban J connectivity index is 1.67. The van der Waals surface area contributed by atoms with Gasteiger partial charge in [-0.05, 0) is 84.9 Å². The van der Waals surface area contributed by atoms with Gasteiger partial charge in [0.2, 0.25) is 5.92 Å². The third-order valence-electron chi connectivity index (χ3n) is 5.87. The fourth-order valence-corrected chi connectivity index (χ4v) is 4.64. The SMILES string of the molecule is C=C(S/C=C(\C)Cc1cc(C)c(NC)cc1C)c1ccc2c(c1)CCC(F)(F)CC2. The first-order valence-corrected chi connectivity index (χ1v) is 11.4. The van der Waals surface area contributed by atoms with Crippen LogP contribution in [0.15, 0.2) is 47.9 Å². The van der Waals surface area contributed by atoms with Gasteiger partial charge in [-0.1, -0.05) is 48.2 Å². The Bertz CT molecular complexity index is 975. The molecule has 0 heterocycles. The summed E-state index contributed by atoms with van der Waals surface area (Å²) < 4.78 is 27.5. The number of nitrogens with one attached hydrogen (secondary N) is 1. The summed E-state index contributed by atoms with van der Waals surface area (Å²) in [5.41, 5.74) is 9.43. The minimum atomic E-state index is -2.55. The van der Waals surface area contributed by atoms with E-state index in [0.29, 0.717) is 12.8 Å². The number of benzene rings is 2. The summed E-state index contributed by atoms with van der Waals surface area (Å²) >= 11 is 1.61. The lowest BCUT2D eigenvalue weighted by atomic mass is 9.98. The molecule has 1 nitrogen and oxygen atoms in total. The molecule has 30 heavy (non-hydrogen) atoms. The van der Waals surface area contributed by atoms with Crippen molar-refractivity contribution in [3.8, 4) is 0 Å². The lowest BCUT2D eigenvalue weighted by Gasteiger charge is -2.13. The first kappa shape index (κ1) is 22.6. The van der Waals surface area contributed by atoms with Crippen LogP contribution in [0.2, 0.25) is 0 Å². The highest BCUT2D eigenvalue weighted by Gasteiger charge is 2.31. The molecule has 0 atom stereocenters. The summed E-state index contributed by atoms with van der Waals surface area (Å²) in [7, 11) is 1.95. The number of anilines is 1. The Hall–Kier alpha value is -2.07. The standard InChI is InChI=1S/C26H31F2NS/c1-17(12-24-13-19(3)25(29-5)14-18(24)2)16-30-20(4)22-7-6-21-8-10-26(27,28)11-9-23(21)15-22/h6-7,13-16,29H,4,8-12H2,1-3,5H3/b17-16+. The van der Waals surface area contributed by atoms with Crippen molar-refractivity contribution >= 4 is 22.4 Å². The molecule has 0 radical (unpaired) electrons. The van der Waals surface area contributed by atoms with Gasteiger partial charge < -0.3 is 5.32 Å². The molecule has 0 spiro atoms. The summed E-state index contributed by atoms with van der Waals surface area (Å²) in [6.45, 7) is 10.6. The Kier molecular flexibility index (Phi) is 7.07. The van der Waals surface area contributed by atoms with E-state index in [2.05, 4.69) is 56.3 Å². The van der Waals surface area contributed by atoms with Gasteiger partial charge in [0.25, 0.3) is 0 Å². The fraction of sp³-hybridized carbons (Fsp3) is 0.385. The molecule has 1 N–H and O–H groups in total. The maximum atomic E-state index is 13.7. The lowest BCUT2D eigenvalue weighted by molar-refractivity contribution is -0.0130. The average Bonchev–Trinajstić information content (AvgIpc) is 2.86. The highest BCUT2D eigenvalue weighted by Crippen LogP contribution is 2.35. The molecule has 1 aliphatic rings. The van der Waals surface area contributed by atoms with Gasteiger partial charge in [0, 0.05) is 30.5 Å². The molecular weight excluding hydrogens is 396 g/mol. The molecule has 0 fully saturated rings. The van der Waals surface area contributed by atoms with Crippen molar-refractivity contribution in [2.45, 2.75) is 58.8 Å². The highest BCUT2D eigenvalue weighted by atomic mass is 32.2. The van der Waals surface area contributed by atoms with Crippen LogP contribution in [-0.4, -0.2) is 13.0 Å². The zero-order valence-corrected chi connectivity index (χ0v) is 19.2. The molecule has 3 rings (SSSR count). The van der Waals surface area contributed by atoms with E-state index in [1.807, 2.05) is 19.2 Å². The number of rotatable bonds is 6. The Morgan fingerprint density at radius 1 is 1.10 bits per heavy atom. The lowest BCUT2D eigenvalue weighted by Crippen LogP contribution is -2.15. The molecule has 0 aliphatic heterocycles. The van der Waals surface area contributed by atoms with Crippen LogP contribution in [0.4, 0.5) is 14.5 Å². The van der Waals surface area contributed by atoms with Gasteiger partial charge in [-0.25, -0.2) is 8.78 Å². The number of thioether (sulfide) groups is 1. The van der Waals surface area contributed by atoms with Crippen molar-refractivity contribution in [2.75, 3.05) is 12.4 Å². The number of allylic oxidation sites excluding steroid dienone is 1. The van der Waals surface area contributed by atoms with Crippen LogP contribution in [0.25, 0.3) is 4.91 Å². The van der Waals surface area contributed by atoms with E-state index in [4.69, 9.17) is 0 Å². The van der Waals surface area contributed by atoms with Crippen LogP contribution >= 0.6 is 11.8 Å². The second kappa shape index (κ2) is 9.38. The Morgan fingerprint density at radius 2 is 1.80 bits per heavy atom. The number of hydrogen-bond donors (Lipinski definition) is 1. The van der Waals surface area contributed by atoms with E-state index >= 15 is 0 Å². The zero-order chi connectivity index (χ0) is 21.9. The van der Waals surface area contributed by atoms with Gasteiger partial charge in [0.1, 0.15) is 0 Å². The predicted octanol–water partition coefficient (Wildman–Crippen LogP) is 7.71. The number of fused-ring (bicyclic) bond motifs is 1. The minimum Gasteiger partial charge on any atom is -0.388 e. The van der Waals surface area contributed by atoms with Gasteiger partial charge in [-0.15, -0.1) is 0 Å². The van der Waals surface area contributed by atoms with Crippen LogP contribution in [0.1, 0.15) is 53.1 Å². The maximum Gasteiger partial charge on any atom is 0.248 e. The molecule has 0 bridgehead atoms. The quantitative estimate of drug-likeness (QED) is 0.474. The van der Waals surface area contributed by atoms with E-state index in [-0.39, 0.29) is 12.8 Å². The zero-order valence-electron chi connectivity index (χ0n) is 18.4. The van der Waals surface area contributed by atoms with E-state index in [1.165, 1.54) is 28.0 Å². The van der Waals surface area contributed by atoms with Gasteiger partial charge in [-0.3, -0.25) is 0 Å². The summed E-state index contributed by atoms with van der Waals surface area (Å²) in [5.74, 6) is -2.55. The molecule has 0 aromatic heterocycles. The third-order valence-corrected chi connectivity index (χ3v) is 6.91. The first-order chi connectivity index (χ1) is 14.2. The molecule has 0 saturated carbocycles. The van der Waals surface area contributed by atoms with Crippen LogP contribution in [-0.2, 0) is 19.3 Å². The molecular formula is C26H31F2NS. The smallest absolute Gasteiger partial charge is 0.248 e. The fourth-order valence-electron chi connectivity index (χ4n) is 3.95. The second-order valence-electron chi connectivity index (χ2n) is 8.37. The average molecular weight is 428 g/mol. The molecule has 160 valence electrons. The van der Waals surface area contributed by atoms with Crippen molar-refractivity contribution in [1.82, 2.24) is 0 Å². The van der Waals surface area contributed by atoms with Crippen LogP contribution in [0.5, 0.6) is 0 Å². The highest BCUT2D eigenvalue weighted by molar-refractivity contribution is 8.10. The third kappa shape index (κ3) is 5.54. The Morgan fingerprint density at radius 3 is 2.50 bits per heavy atom. The second-order valence-corrected chi connectivity index (χ2v) is 9.33. The molecule has 1 aliphatic carbocycles. The van der Waals surface area contributed by atoms with Crippen LogP contribution in [0, 0.1) is 13.8 Å². The predicted molar refractivity (Wildman–Crippen MR) is 128 cm³/mol. The largest absolute Gasteiger partial charge is 0.388 e. The summed E-state index contributed by atoms with van der Waals surface area (Å²) in [6.07, 6.45) is 1.67. The van der Waals surface area contributed by atoms with E-state index < -0.39 is 5.92 Å². The Labute approximate surface area is 183 Å². The van der Waals surface area contributed by atoms with Crippen LogP contribution < -0.4 is 5.32 Å². The number of alkyl halides is 2. The number of halogens is 2. The monoisotopic (exact) mass is 427 g/mol. The van der Waals surface area contributed by atoms with Crippen molar-refractivity contribution in [3.63, 3.8) is 0 Å². The van der Waals surface area contributed by atoms with E-state index in [9.17, 15) is 8.78 Å². The van der Waals surface area contributed by atoms with Gasteiger partial charge in [-0.2, -0.15) is 0 Å². The molecule has 0 unspecified atom stereocenters. The van der Waals surface area contributed by atoms with E-state index in [0.717, 1.165) is 28.0 Å². The normalized spacial score (nSPS) is 16.0.